The average molecular weight is 176 g/mol. The van der Waals surface area contributed by atoms with Crippen LogP contribution in [0, 0.1) is 0 Å². The molecule has 0 saturated carbocycles. The van der Waals surface area contributed by atoms with Crippen molar-refractivity contribution in [2.45, 2.75) is 0 Å². The fourth-order valence-corrected chi connectivity index (χ4v) is 0.867. The van der Waals surface area contributed by atoms with Gasteiger partial charge in [0.2, 0.25) is 5.91 Å². The molecule has 1 aliphatic rings. The molecule has 1 heterocycles. The second-order valence-corrected chi connectivity index (χ2v) is 2.49. The number of rotatable bonds is 3. The first kappa shape index (κ1) is 9.32. The van der Waals surface area contributed by atoms with E-state index in [2.05, 4.69) is 11.9 Å². The van der Waals surface area contributed by atoms with Crippen molar-refractivity contribution in [3.8, 4) is 0 Å². The normalized spacial score (nSPS) is 14.9. The Bertz CT molecular complexity index is 277. The summed E-state index contributed by atoms with van der Waals surface area (Å²) in [5, 5.41) is 2.54. The molecule has 1 amide bonds. The SMILES string of the molecule is C=CC(=O)NC=CN1C=CC=CC1. The molecule has 0 spiro atoms. The Morgan fingerprint density at radius 2 is 2.38 bits per heavy atom. The number of carbonyl (C=O) groups excluding carboxylic acids is 1. The fraction of sp³-hybridized carbons (Fsp3) is 0.100. The third kappa shape index (κ3) is 3.42. The lowest BCUT2D eigenvalue weighted by Crippen LogP contribution is -2.17. The van der Waals surface area contributed by atoms with E-state index in [0.717, 1.165) is 6.54 Å². The Hall–Kier alpha value is -1.77. The van der Waals surface area contributed by atoms with Crippen LogP contribution < -0.4 is 5.32 Å². The fourth-order valence-electron chi connectivity index (χ4n) is 0.867. The van der Waals surface area contributed by atoms with Crippen molar-refractivity contribution < 1.29 is 4.79 Å². The van der Waals surface area contributed by atoms with Gasteiger partial charge in [0.15, 0.2) is 0 Å². The summed E-state index contributed by atoms with van der Waals surface area (Å²) < 4.78 is 0. The molecule has 0 aliphatic carbocycles. The number of amides is 1. The van der Waals surface area contributed by atoms with Gasteiger partial charge < -0.3 is 10.2 Å². The van der Waals surface area contributed by atoms with Crippen molar-refractivity contribution in [2.75, 3.05) is 6.54 Å². The van der Waals surface area contributed by atoms with Gasteiger partial charge in [0, 0.05) is 25.1 Å². The van der Waals surface area contributed by atoms with Gasteiger partial charge in [-0.1, -0.05) is 18.7 Å². The summed E-state index contributed by atoms with van der Waals surface area (Å²) in [4.78, 5) is 12.7. The molecule has 13 heavy (non-hydrogen) atoms. The Kier molecular flexibility index (Phi) is 3.57. The van der Waals surface area contributed by atoms with Crippen molar-refractivity contribution in [1.29, 1.82) is 0 Å². The smallest absolute Gasteiger partial charge is 0.247 e. The predicted octanol–water partition coefficient (Wildman–Crippen LogP) is 1.15. The number of allylic oxidation sites excluding steroid dienone is 2. The molecule has 0 saturated heterocycles. The van der Waals surface area contributed by atoms with Crippen LogP contribution in [0.1, 0.15) is 0 Å². The predicted molar refractivity (Wildman–Crippen MR) is 52.5 cm³/mol. The molecule has 3 nitrogen and oxygen atoms in total. The molecular weight excluding hydrogens is 164 g/mol. The van der Waals surface area contributed by atoms with Crippen molar-refractivity contribution >= 4 is 5.91 Å². The van der Waals surface area contributed by atoms with Gasteiger partial charge in [0.25, 0.3) is 0 Å². The van der Waals surface area contributed by atoms with Crippen LogP contribution in [0.3, 0.4) is 0 Å². The summed E-state index contributed by atoms with van der Waals surface area (Å²) >= 11 is 0. The van der Waals surface area contributed by atoms with Gasteiger partial charge in [-0.25, -0.2) is 0 Å². The van der Waals surface area contributed by atoms with Gasteiger partial charge in [-0.3, -0.25) is 4.79 Å². The molecule has 0 aromatic heterocycles. The largest absolute Gasteiger partial charge is 0.349 e. The minimum atomic E-state index is -0.201. The third-order valence-corrected chi connectivity index (χ3v) is 1.52. The summed E-state index contributed by atoms with van der Waals surface area (Å²) in [6.07, 6.45) is 12.5. The lowest BCUT2D eigenvalue weighted by molar-refractivity contribution is -0.115. The van der Waals surface area contributed by atoms with Gasteiger partial charge >= 0.3 is 0 Å². The van der Waals surface area contributed by atoms with Crippen LogP contribution in [0.15, 0.2) is 49.5 Å². The summed E-state index contributed by atoms with van der Waals surface area (Å²) in [5.41, 5.74) is 0. The van der Waals surface area contributed by atoms with Crippen LogP contribution in [-0.2, 0) is 4.79 Å². The summed E-state index contributed by atoms with van der Waals surface area (Å²) in [6.45, 7) is 4.17. The lowest BCUT2D eigenvalue weighted by atomic mass is 10.4. The van der Waals surface area contributed by atoms with E-state index < -0.39 is 0 Å². The minimum absolute atomic E-state index is 0.201. The second kappa shape index (κ2) is 4.98. The van der Waals surface area contributed by atoms with Crippen molar-refractivity contribution in [1.82, 2.24) is 10.2 Å². The van der Waals surface area contributed by atoms with Crippen LogP contribution in [0.5, 0.6) is 0 Å². The number of nitrogens with zero attached hydrogens (tertiary/aromatic N) is 1. The van der Waals surface area contributed by atoms with E-state index in [4.69, 9.17) is 0 Å². The van der Waals surface area contributed by atoms with E-state index >= 15 is 0 Å². The molecule has 1 aliphatic heterocycles. The molecule has 0 radical (unpaired) electrons. The van der Waals surface area contributed by atoms with Crippen LogP contribution in [0.4, 0.5) is 0 Å². The highest BCUT2D eigenvalue weighted by Gasteiger charge is 1.93. The Balaban J connectivity index is 2.31. The first-order valence-corrected chi connectivity index (χ1v) is 4.01. The van der Waals surface area contributed by atoms with E-state index in [1.54, 1.807) is 12.4 Å². The quantitative estimate of drug-likeness (QED) is 0.654. The molecule has 0 bridgehead atoms. The van der Waals surface area contributed by atoms with E-state index in [1.165, 1.54) is 6.08 Å². The lowest BCUT2D eigenvalue weighted by Gasteiger charge is -2.14. The summed E-state index contributed by atoms with van der Waals surface area (Å²) in [6, 6.07) is 0. The molecule has 1 N–H and O–H groups in total. The van der Waals surface area contributed by atoms with Crippen LogP contribution >= 0.6 is 0 Å². The van der Waals surface area contributed by atoms with Crippen LogP contribution in [0.2, 0.25) is 0 Å². The molecule has 0 unspecified atom stereocenters. The van der Waals surface area contributed by atoms with Gasteiger partial charge in [-0.15, -0.1) is 0 Å². The van der Waals surface area contributed by atoms with Gasteiger partial charge in [0.05, 0.1) is 0 Å². The maximum Gasteiger partial charge on any atom is 0.247 e. The molecule has 3 heteroatoms. The van der Waals surface area contributed by atoms with Crippen LogP contribution in [-0.4, -0.2) is 17.4 Å². The molecule has 0 aromatic carbocycles. The van der Waals surface area contributed by atoms with E-state index in [-0.39, 0.29) is 5.91 Å². The number of nitrogens with one attached hydrogen (secondary N) is 1. The van der Waals surface area contributed by atoms with Crippen molar-refractivity contribution in [3.05, 3.63) is 49.5 Å². The van der Waals surface area contributed by atoms with Gasteiger partial charge in [-0.2, -0.15) is 0 Å². The highest BCUT2D eigenvalue weighted by Crippen LogP contribution is 1.97. The molecule has 0 fully saturated rings. The number of hydrogen-bond acceptors (Lipinski definition) is 2. The summed E-state index contributed by atoms with van der Waals surface area (Å²) in [7, 11) is 0. The standard InChI is InChI=1S/C10H12N2O/c1-2-10(13)11-6-9-12-7-4-3-5-8-12/h2-7,9H,1,8H2,(H,11,13). The highest BCUT2D eigenvalue weighted by molar-refractivity contribution is 5.87. The summed E-state index contributed by atoms with van der Waals surface area (Å²) in [5.74, 6) is -0.201. The van der Waals surface area contributed by atoms with E-state index in [9.17, 15) is 4.79 Å². The molecule has 1 rings (SSSR count). The molecular formula is C10H12N2O. The van der Waals surface area contributed by atoms with E-state index in [0.29, 0.717) is 0 Å². The highest BCUT2D eigenvalue weighted by atomic mass is 16.1. The second-order valence-electron chi connectivity index (χ2n) is 2.49. The first-order valence-electron chi connectivity index (χ1n) is 4.01. The average Bonchev–Trinajstić information content (AvgIpc) is 2.19. The van der Waals surface area contributed by atoms with E-state index in [1.807, 2.05) is 29.3 Å². The minimum Gasteiger partial charge on any atom is -0.349 e. The topological polar surface area (TPSA) is 32.3 Å². The molecule has 0 atom stereocenters. The Morgan fingerprint density at radius 3 is 3.00 bits per heavy atom. The number of hydrogen-bond donors (Lipinski definition) is 1. The maximum atomic E-state index is 10.7. The first-order chi connectivity index (χ1) is 6.33. The molecule has 0 aromatic rings. The van der Waals surface area contributed by atoms with Gasteiger partial charge in [0.1, 0.15) is 0 Å². The monoisotopic (exact) mass is 176 g/mol. The Labute approximate surface area is 77.7 Å². The Morgan fingerprint density at radius 1 is 1.54 bits per heavy atom. The van der Waals surface area contributed by atoms with Crippen LogP contribution in [0.25, 0.3) is 0 Å². The zero-order chi connectivity index (χ0) is 9.52. The van der Waals surface area contributed by atoms with Crippen molar-refractivity contribution in [2.24, 2.45) is 0 Å². The van der Waals surface area contributed by atoms with Gasteiger partial charge in [-0.05, 0) is 12.2 Å². The van der Waals surface area contributed by atoms with Crippen molar-refractivity contribution in [3.63, 3.8) is 0 Å². The zero-order valence-corrected chi connectivity index (χ0v) is 7.31. The zero-order valence-electron chi connectivity index (χ0n) is 7.31. The maximum absolute atomic E-state index is 10.7. The number of carbonyl (C=O) groups is 1. The third-order valence-electron chi connectivity index (χ3n) is 1.52. The molecule has 68 valence electrons.